The zero-order valence-electron chi connectivity index (χ0n) is 16.5. The number of benzene rings is 2. The van der Waals surface area contributed by atoms with Crippen LogP contribution in [0.3, 0.4) is 0 Å². The lowest BCUT2D eigenvalue weighted by molar-refractivity contribution is -0.124. The number of aryl methyl sites for hydroxylation is 2. The van der Waals surface area contributed by atoms with Crippen LogP contribution in [0.15, 0.2) is 42.5 Å². The highest BCUT2D eigenvalue weighted by molar-refractivity contribution is 5.78. The average molecular weight is 365 g/mol. The number of fused-ring (bicyclic) bond motifs is 1. The molecular formula is C22H27N3O2. The van der Waals surface area contributed by atoms with Crippen LogP contribution < -0.4 is 10.1 Å². The molecule has 1 N–H and O–H groups in total. The maximum atomic E-state index is 11.9. The van der Waals surface area contributed by atoms with E-state index in [1.165, 1.54) is 11.1 Å². The molecule has 3 aromatic rings. The number of carbonyl (C=O) groups is 1. The second-order valence-corrected chi connectivity index (χ2v) is 7.21. The minimum atomic E-state index is -0.0456. The molecular weight excluding hydrogens is 338 g/mol. The van der Waals surface area contributed by atoms with Crippen LogP contribution in [-0.4, -0.2) is 22.1 Å². The molecule has 0 aliphatic rings. The Balaban J connectivity index is 1.75. The van der Waals surface area contributed by atoms with Gasteiger partial charge in [0.25, 0.3) is 0 Å². The topological polar surface area (TPSA) is 56.1 Å². The largest absolute Gasteiger partial charge is 0.492 e. The van der Waals surface area contributed by atoms with E-state index in [9.17, 15) is 4.79 Å². The smallest absolute Gasteiger partial charge is 0.222 e. The molecule has 0 saturated heterocycles. The van der Waals surface area contributed by atoms with E-state index in [4.69, 9.17) is 9.72 Å². The van der Waals surface area contributed by atoms with Gasteiger partial charge in [-0.3, -0.25) is 4.79 Å². The Morgan fingerprint density at radius 1 is 1.15 bits per heavy atom. The van der Waals surface area contributed by atoms with Gasteiger partial charge in [0.2, 0.25) is 5.91 Å². The van der Waals surface area contributed by atoms with Gasteiger partial charge in [0, 0.05) is 5.92 Å². The quantitative estimate of drug-likeness (QED) is 0.688. The summed E-state index contributed by atoms with van der Waals surface area (Å²) >= 11 is 0. The number of imidazole rings is 1. The minimum absolute atomic E-state index is 0.0279. The summed E-state index contributed by atoms with van der Waals surface area (Å²) in [6, 6.07) is 14.2. The van der Waals surface area contributed by atoms with E-state index in [0.29, 0.717) is 19.7 Å². The van der Waals surface area contributed by atoms with Gasteiger partial charge in [-0.1, -0.05) is 32.0 Å². The van der Waals surface area contributed by atoms with Crippen molar-refractivity contribution in [3.63, 3.8) is 0 Å². The number of amides is 1. The number of ether oxygens (including phenoxy) is 1. The Kier molecular flexibility index (Phi) is 5.79. The molecule has 0 radical (unpaired) electrons. The number of hydrogen-bond acceptors (Lipinski definition) is 3. The number of nitrogens with one attached hydrogen (secondary N) is 1. The van der Waals surface area contributed by atoms with Gasteiger partial charge in [-0.15, -0.1) is 0 Å². The molecule has 142 valence electrons. The van der Waals surface area contributed by atoms with Gasteiger partial charge < -0.3 is 14.6 Å². The van der Waals surface area contributed by atoms with Crippen molar-refractivity contribution >= 4 is 16.9 Å². The summed E-state index contributed by atoms with van der Waals surface area (Å²) in [4.78, 5) is 16.6. The molecule has 0 fully saturated rings. The fourth-order valence-electron chi connectivity index (χ4n) is 3.15. The first kappa shape index (κ1) is 19.0. The standard InChI is InChI=1S/C22H27N3O2/c1-15(2)22(26)23-14-21-24-19-7-5-6-8-20(19)25(21)9-10-27-18-12-16(3)11-17(4)13-18/h5-8,11-13,15H,9-10,14H2,1-4H3,(H,23,26). The summed E-state index contributed by atoms with van der Waals surface area (Å²) < 4.78 is 8.10. The molecule has 0 aliphatic heterocycles. The van der Waals surface area contributed by atoms with Gasteiger partial charge in [-0.2, -0.15) is 0 Å². The summed E-state index contributed by atoms with van der Waals surface area (Å²) in [5, 5.41) is 2.96. The van der Waals surface area contributed by atoms with E-state index in [1.54, 1.807) is 0 Å². The third-order valence-corrected chi connectivity index (χ3v) is 4.46. The van der Waals surface area contributed by atoms with Gasteiger partial charge in [0.05, 0.1) is 24.1 Å². The minimum Gasteiger partial charge on any atom is -0.492 e. The maximum Gasteiger partial charge on any atom is 0.222 e. The van der Waals surface area contributed by atoms with Crippen molar-refractivity contribution in [1.29, 1.82) is 0 Å². The van der Waals surface area contributed by atoms with Crippen LogP contribution in [0.5, 0.6) is 5.75 Å². The summed E-state index contributed by atoms with van der Waals surface area (Å²) in [6.07, 6.45) is 0. The van der Waals surface area contributed by atoms with E-state index in [1.807, 2.05) is 50.2 Å². The number of carbonyl (C=O) groups excluding carboxylic acids is 1. The second-order valence-electron chi connectivity index (χ2n) is 7.21. The molecule has 3 rings (SSSR count). The molecule has 1 aromatic heterocycles. The van der Waals surface area contributed by atoms with E-state index in [2.05, 4.69) is 29.8 Å². The molecule has 5 heteroatoms. The van der Waals surface area contributed by atoms with Gasteiger partial charge in [-0.25, -0.2) is 4.98 Å². The van der Waals surface area contributed by atoms with E-state index >= 15 is 0 Å². The lowest BCUT2D eigenvalue weighted by Crippen LogP contribution is -2.28. The van der Waals surface area contributed by atoms with Gasteiger partial charge >= 0.3 is 0 Å². The van der Waals surface area contributed by atoms with Crippen LogP contribution in [-0.2, 0) is 17.9 Å². The van der Waals surface area contributed by atoms with Crippen LogP contribution in [0.25, 0.3) is 11.0 Å². The monoisotopic (exact) mass is 365 g/mol. The highest BCUT2D eigenvalue weighted by atomic mass is 16.5. The molecule has 0 aliphatic carbocycles. The van der Waals surface area contributed by atoms with Crippen molar-refractivity contribution in [1.82, 2.24) is 14.9 Å². The van der Waals surface area contributed by atoms with Crippen molar-refractivity contribution in [2.24, 2.45) is 5.92 Å². The zero-order valence-corrected chi connectivity index (χ0v) is 16.5. The number of nitrogens with zero attached hydrogens (tertiary/aromatic N) is 2. The molecule has 27 heavy (non-hydrogen) atoms. The van der Waals surface area contributed by atoms with Crippen molar-refractivity contribution in [2.75, 3.05) is 6.61 Å². The molecule has 0 unspecified atom stereocenters. The summed E-state index contributed by atoms with van der Waals surface area (Å²) in [6.45, 7) is 9.52. The molecule has 2 aromatic carbocycles. The van der Waals surface area contributed by atoms with E-state index in [0.717, 1.165) is 22.6 Å². The first-order valence-corrected chi connectivity index (χ1v) is 9.37. The Morgan fingerprint density at radius 3 is 2.56 bits per heavy atom. The zero-order chi connectivity index (χ0) is 19.4. The van der Waals surface area contributed by atoms with Gasteiger partial charge in [0.1, 0.15) is 18.2 Å². The van der Waals surface area contributed by atoms with Crippen molar-refractivity contribution in [2.45, 2.75) is 40.8 Å². The van der Waals surface area contributed by atoms with Crippen LogP contribution in [0.2, 0.25) is 0 Å². The molecule has 0 bridgehead atoms. The second kappa shape index (κ2) is 8.25. The molecule has 0 atom stereocenters. The van der Waals surface area contributed by atoms with E-state index < -0.39 is 0 Å². The molecule has 0 spiro atoms. The van der Waals surface area contributed by atoms with Crippen molar-refractivity contribution in [3.05, 3.63) is 59.4 Å². The predicted octanol–water partition coefficient (Wildman–Crippen LogP) is 4.00. The maximum absolute atomic E-state index is 11.9. The van der Waals surface area contributed by atoms with Crippen LogP contribution in [0, 0.1) is 19.8 Å². The third kappa shape index (κ3) is 4.67. The molecule has 0 saturated carbocycles. The lowest BCUT2D eigenvalue weighted by Gasteiger charge is -2.13. The highest BCUT2D eigenvalue weighted by Crippen LogP contribution is 2.18. The van der Waals surface area contributed by atoms with Crippen molar-refractivity contribution in [3.8, 4) is 5.75 Å². The summed E-state index contributed by atoms with van der Waals surface area (Å²) in [7, 11) is 0. The van der Waals surface area contributed by atoms with Crippen LogP contribution >= 0.6 is 0 Å². The number of aromatic nitrogens is 2. The SMILES string of the molecule is Cc1cc(C)cc(OCCn2c(CNC(=O)C(C)C)nc3ccccc32)c1. The summed E-state index contributed by atoms with van der Waals surface area (Å²) in [5.74, 6) is 1.71. The number of para-hydroxylation sites is 2. The van der Waals surface area contributed by atoms with Crippen LogP contribution in [0.4, 0.5) is 0 Å². The fraction of sp³-hybridized carbons (Fsp3) is 0.364. The molecule has 5 nitrogen and oxygen atoms in total. The Labute approximate surface area is 160 Å². The molecule has 1 amide bonds. The highest BCUT2D eigenvalue weighted by Gasteiger charge is 2.13. The van der Waals surface area contributed by atoms with Gasteiger partial charge in [-0.05, 0) is 49.2 Å². The first-order valence-electron chi connectivity index (χ1n) is 9.37. The fourth-order valence-corrected chi connectivity index (χ4v) is 3.15. The predicted molar refractivity (Wildman–Crippen MR) is 108 cm³/mol. The van der Waals surface area contributed by atoms with Gasteiger partial charge in [0.15, 0.2) is 0 Å². The third-order valence-electron chi connectivity index (χ3n) is 4.46. The van der Waals surface area contributed by atoms with Crippen molar-refractivity contribution < 1.29 is 9.53 Å². The Bertz CT molecular complexity index is 924. The first-order chi connectivity index (χ1) is 12.9. The van der Waals surface area contributed by atoms with E-state index in [-0.39, 0.29) is 11.8 Å². The van der Waals surface area contributed by atoms with Crippen LogP contribution in [0.1, 0.15) is 30.8 Å². The number of hydrogen-bond donors (Lipinski definition) is 1. The number of rotatable bonds is 7. The normalized spacial score (nSPS) is 11.1. The Hall–Kier alpha value is -2.82. The average Bonchev–Trinajstić information content (AvgIpc) is 2.96. The Morgan fingerprint density at radius 2 is 1.85 bits per heavy atom. The summed E-state index contributed by atoms with van der Waals surface area (Å²) in [5.41, 5.74) is 4.36. The lowest BCUT2D eigenvalue weighted by atomic mass is 10.1. The molecule has 1 heterocycles.